The van der Waals surface area contributed by atoms with Crippen molar-refractivity contribution in [1.29, 1.82) is 0 Å². The molecule has 2 heterocycles. The Labute approximate surface area is 138 Å². The molecule has 4 aromatic rings. The quantitative estimate of drug-likeness (QED) is 0.426. The van der Waals surface area contributed by atoms with E-state index in [1.54, 1.807) is 0 Å². The first kappa shape index (κ1) is 13.0. The summed E-state index contributed by atoms with van der Waals surface area (Å²) >= 11 is 1.85. The highest BCUT2D eigenvalue weighted by Crippen LogP contribution is 2.46. The maximum absolute atomic E-state index is 4.72. The average Bonchev–Trinajstić information content (AvgIpc) is 3.03. The van der Waals surface area contributed by atoms with Gasteiger partial charge in [0.25, 0.3) is 0 Å². The number of nitrogens with zero attached hydrogens (tertiary/aromatic N) is 2. The van der Waals surface area contributed by atoms with Crippen LogP contribution in [0.5, 0.6) is 0 Å². The highest BCUT2D eigenvalue weighted by Gasteiger charge is 2.28. The zero-order valence-corrected chi connectivity index (χ0v) is 13.2. The molecule has 0 spiro atoms. The third kappa shape index (κ3) is 1.93. The van der Waals surface area contributed by atoms with E-state index in [0.29, 0.717) is 0 Å². The van der Waals surface area contributed by atoms with Crippen LogP contribution < -0.4 is 0 Å². The molecule has 1 aliphatic heterocycles. The molecular formula is C20H14N2S. The van der Waals surface area contributed by atoms with Crippen molar-refractivity contribution in [3.63, 3.8) is 0 Å². The third-order valence-corrected chi connectivity index (χ3v) is 5.58. The van der Waals surface area contributed by atoms with Crippen LogP contribution in [-0.2, 0) is 0 Å². The van der Waals surface area contributed by atoms with Crippen molar-refractivity contribution in [1.82, 2.24) is 9.78 Å². The van der Waals surface area contributed by atoms with E-state index in [0.717, 1.165) is 0 Å². The Hall–Kier alpha value is -2.52. The molecule has 3 heteroatoms. The van der Waals surface area contributed by atoms with Crippen LogP contribution in [0.15, 0.2) is 88.8 Å². The summed E-state index contributed by atoms with van der Waals surface area (Å²) in [4.78, 5) is 2.63. The molecule has 3 aromatic carbocycles. The van der Waals surface area contributed by atoms with Gasteiger partial charge in [0.05, 0.1) is 11.7 Å². The van der Waals surface area contributed by atoms with Gasteiger partial charge in [0.2, 0.25) is 0 Å². The Kier molecular flexibility index (Phi) is 2.82. The van der Waals surface area contributed by atoms with Gasteiger partial charge in [0.15, 0.2) is 0 Å². The van der Waals surface area contributed by atoms with Crippen LogP contribution in [0.4, 0.5) is 0 Å². The number of fused-ring (bicyclic) bond motifs is 3. The van der Waals surface area contributed by atoms with Crippen molar-refractivity contribution in [2.75, 3.05) is 0 Å². The van der Waals surface area contributed by atoms with Crippen LogP contribution in [0, 0.1) is 0 Å². The Morgan fingerprint density at radius 3 is 2.09 bits per heavy atom. The zero-order chi connectivity index (χ0) is 15.2. The first-order chi connectivity index (χ1) is 11.4. The molecule has 110 valence electrons. The zero-order valence-electron chi connectivity index (χ0n) is 12.4. The lowest BCUT2D eigenvalue weighted by molar-refractivity contribution is 0.596. The fraction of sp³-hybridized carbons (Fsp3) is 0.0500. The van der Waals surface area contributed by atoms with Gasteiger partial charge in [-0.05, 0) is 29.3 Å². The molecule has 0 radical (unpaired) electrons. The third-order valence-electron chi connectivity index (χ3n) is 4.40. The van der Waals surface area contributed by atoms with Crippen molar-refractivity contribution < 1.29 is 0 Å². The van der Waals surface area contributed by atoms with E-state index in [1.165, 1.54) is 31.8 Å². The maximum atomic E-state index is 4.72. The summed E-state index contributed by atoms with van der Waals surface area (Å²) in [5.41, 5.74) is 3.82. The van der Waals surface area contributed by atoms with Gasteiger partial charge in [-0.3, -0.25) is 4.68 Å². The molecule has 0 atom stereocenters. The lowest BCUT2D eigenvalue weighted by Gasteiger charge is -2.28. The summed E-state index contributed by atoms with van der Waals surface area (Å²) in [6, 6.07) is 25.8. The molecule has 0 amide bonds. The van der Waals surface area contributed by atoms with E-state index in [9.17, 15) is 0 Å². The van der Waals surface area contributed by atoms with Gasteiger partial charge in [-0.2, -0.15) is 5.10 Å². The second-order valence-electron chi connectivity index (χ2n) is 5.73. The van der Waals surface area contributed by atoms with Crippen molar-refractivity contribution in [3.05, 3.63) is 90.1 Å². The molecule has 1 aliphatic rings. The van der Waals surface area contributed by atoms with Crippen molar-refractivity contribution >= 4 is 22.7 Å². The van der Waals surface area contributed by atoms with E-state index in [4.69, 9.17) is 5.10 Å². The van der Waals surface area contributed by atoms with E-state index in [1.807, 2.05) is 18.0 Å². The Bertz CT molecular complexity index is 973. The molecular weight excluding hydrogens is 300 g/mol. The highest BCUT2D eigenvalue weighted by molar-refractivity contribution is 7.99. The largest absolute Gasteiger partial charge is 0.253 e. The summed E-state index contributed by atoms with van der Waals surface area (Å²) in [5, 5.41) is 5.91. The summed E-state index contributed by atoms with van der Waals surface area (Å²) < 4.78 is 2.16. The molecule has 2 nitrogen and oxygen atoms in total. The standard InChI is InChI=1S/C20H14N2S/c1-4-10-17-14(7-1)13-21-22(17)20-15-8-2-5-11-18(15)23-19-12-6-3-9-16(19)20/h1-13,20H. The van der Waals surface area contributed by atoms with Crippen molar-refractivity contribution in [3.8, 4) is 0 Å². The predicted molar refractivity (Wildman–Crippen MR) is 94.0 cm³/mol. The van der Waals surface area contributed by atoms with Crippen LogP contribution in [0.25, 0.3) is 10.9 Å². The fourth-order valence-electron chi connectivity index (χ4n) is 3.35. The summed E-state index contributed by atoms with van der Waals surface area (Å²) in [6.45, 7) is 0. The van der Waals surface area contributed by atoms with Gasteiger partial charge < -0.3 is 0 Å². The van der Waals surface area contributed by atoms with Crippen LogP contribution in [-0.4, -0.2) is 9.78 Å². The van der Waals surface area contributed by atoms with Crippen LogP contribution >= 0.6 is 11.8 Å². The molecule has 0 N–H and O–H groups in total. The second kappa shape index (κ2) is 5.00. The van der Waals surface area contributed by atoms with Gasteiger partial charge in [-0.15, -0.1) is 0 Å². The Morgan fingerprint density at radius 1 is 0.739 bits per heavy atom. The van der Waals surface area contributed by atoms with Gasteiger partial charge in [-0.1, -0.05) is 66.4 Å². The van der Waals surface area contributed by atoms with E-state index in [-0.39, 0.29) is 6.04 Å². The van der Waals surface area contributed by atoms with Gasteiger partial charge >= 0.3 is 0 Å². The number of aromatic nitrogens is 2. The normalized spacial score (nSPS) is 13.7. The van der Waals surface area contributed by atoms with E-state index >= 15 is 0 Å². The van der Waals surface area contributed by atoms with Crippen LogP contribution in [0.1, 0.15) is 17.2 Å². The molecule has 1 aromatic heterocycles. The minimum absolute atomic E-state index is 0.128. The fourth-order valence-corrected chi connectivity index (χ4v) is 4.47. The molecule has 23 heavy (non-hydrogen) atoms. The molecule has 0 saturated heterocycles. The van der Waals surface area contributed by atoms with Crippen LogP contribution in [0.3, 0.4) is 0 Å². The summed E-state index contributed by atoms with van der Waals surface area (Å²) in [7, 11) is 0. The Balaban J connectivity index is 1.82. The molecule has 0 aliphatic carbocycles. The number of para-hydroxylation sites is 1. The summed E-state index contributed by atoms with van der Waals surface area (Å²) in [5.74, 6) is 0. The topological polar surface area (TPSA) is 17.8 Å². The molecule has 0 saturated carbocycles. The second-order valence-corrected chi connectivity index (χ2v) is 6.81. The monoisotopic (exact) mass is 314 g/mol. The highest BCUT2D eigenvalue weighted by atomic mass is 32.2. The predicted octanol–water partition coefficient (Wildman–Crippen LogP) is 5.14. The number of rotatable bonds is 1. The van der Waals surface area contributed by atoms with Crippen molar-refractivity contribution in [2.45, 2.75) is 15.8 Å². The van der Waals surface area contributed by atoms with Crippen molar-refractivity contribution in [2.24, 2.45) is 0 Å². The van der Waals surface area contributed by atoms with Crippen LogP contribution in [0.2, 0.25) is 0 Å². The van der Waals surface area contributed by atoms with E-state index in [2.05, 4.69) is 77.5 Å². The van der Waals surface area contributed by atoms with Gasteiger partial charge in [0.1, 0.15) is 6.04 Å². The number of benzene rings is 3. The number of hydrogen-bond donors (Lipinski definition) is 0. The molecule has 0 fully saturated rings. The van der Waals surface area contributed by atoms with Gasteiger partial charge in [-0.25, -0.2) is 0 Å². The Morgan fingerprint density at radius 2 is 1.35 bits per heavy atom. The SMILES string of the molecule is c1ccc2c(c1)Sc1ccccc1C2n1ncc2ccccc21. The first-order valence-electron chi connectivity index (χ1n) is 7.70. The lowest BCUT2D eigenvalue weighted by Crippen LogP contribution is -2.17. The average molecular weight is 314 g/mol. The maximum Gasteiger partial charge on any atom is 0.105 e. The summed E-state index contributed by atoms with van der Waals surface area (Å²) in [6.07, 6.45) is 1.96. The lowest BCUT2D eigenvalue weighted by atomic mass is 9.97. The number of hydrogen-bond acceptors (Lipinski definition) is 2. The smallest absolute Gasteiger partial charge is 0.105 e. The molecule has 5 rings (SSSR count). The first-order valence-corrected chi connectivity index (χ1v) is 8.51. The van der Waals surface area contributed by atoms with E-state index < -0.39 is 0 Å². The minimum atomic E-state index is 0.128. The van der Waals surface area contributed by atoms with Gasteiger partial charge in [0, 0.05) is 15.2 Å². The minimum Gasteiger partial charge on any atom is -0.253 e. The molecule has 0 unspecified atom stereocenters. The molecule has 0 bridgehead atoms.